The van der Waals surface area contributed by atoms with Crippen molar-refractivity contribution in [2.75, 3.05) is 18.0 Å². The highest BCUT2D eigenvalue weighted by atomic mass is 16.3. The van der Waals surface area contributed by atoms with Gasteiger partial charge in [0.25, 0.3) is 0 Å². The number of hydrogen-bond donors (Lipinski definition) is 2. The minimum absolute atomic E-state index is 0.204. The van der Waals surface area contributed by atoms with Crippen LogP contribution >= 0.6 is 0 Å². The summed E-state index contributed by atoms with van der Waals surface area (Å²) in [4.78, 5) is 14.0. The van der Waals surface area contributed by atoms with E-state index in [9.17, 15) is 4.79 Å². The van der Waals surface area contributed by atoms with E-state index in [0.29, 0.717) is 13.1 Å². The lowest BCUT2D eigenvalue weighted by Gasteiger charge is -2.17. The van der Waals surface area contributed by atoms with Crippen molar-refractivity contribution in [2.45, 2.75) is 13.1 Å². The first-order valence-corrected chi connectivity index (χ1v) is 7.34. The molecule has 0 unspecified atom stereocenters. The zero-order valence-corrected chi connectivity index (χ0v) is 12.3. The average Bonchev–Trinajstić information content (AvgIpc) is 3.24. The Morgan fingerprint density at radius 3 is 2.45 bits per heavy atom. The lowest BCUT2D eigenvalue weighted by atomic mass is 10.2. The van der Waals surface area contributed by atoms with Crippen LogP contribution in [0.1, 0.15) is 11.3 Å². The number of carbonyl (C=O) groups excluding carboxylic acids is 1. The molecule has 3 rings (SSSR count). The molecule has 2 aromatic rings. The summed E-state index contributed by atoms with van der Waals surface area (Å²) >= 11 is 0. The Morgan fingerprint density at radius 1 is 1.05 bits per heavy atom. The summed E-state index contributed by atoms with van der Waals surface area (Å²) in [6.07, 6.45) is 5.92. The van der Waals surface area contributed by atoms with Gasteiger partial charge in [-0.25, -0.2) is 4.79 Å². The minimum Gasteiger partial charge on any atom is -0.467 e. The van der Waals surface area contributed by atoms with Crippen molar-refractivity contribution < 1.29 is 9.21 Å². The van der Waals surface area contributed by atoms with Crippen molar-refractivity contribution in [3.63, 3.8) is 0 Å². The molecule has 0 bridgehead atoms. The summed E-state index contributed by atoms with van der Waals surface area (Å²) in [5.41, 5.74) is 2.28. The van der Waals surface area contributed by atoms with Gasteiger partial charge in [-0.2, -0.15) is 0 Å². The summed E-state index contributed by atoms with van der Waals surface area (Å²) in [6, 6.07) is 11.7. The molecule has 2 heterocycles. The number of hydrogen-bond acceptors (Lipinski definition) is 3. The zero-order chi connectivity index (χ0) is 15.2. The molecule has 1 aromatic heterocycles. The third kappa shape index (κ3) is 3.69. The Hall–Kier alpha value is -2.69. The van der Waals surface area contributed by atoms with Gasteiger partial charge < -0.3 is 20.0 Å². The number of benzene rings is 1. The second-order valence-corrected chi connectivity index (χ2v) is 5.16. The predicted octanol–water partition coefficient (Wildman–Crippen LogP) is 2.66. The number of amides is 2. The fourth-order valence-corrected chi connectivity index (χ4v) is 2.34. The number of carbonyl (C=O) groups is 1. The van der Waals surface area contributed by atoms with Gasteiger partial charge in [-0.05, 0) is 29.8 Å². The summed E-state index contributed by atoms with van der Waals surface area (Å²) in [7, 11) is 0. The van der Waals surface area contributed by atoms with E-state index in [0.717, 1.165) is 24.4 Å². The highest BCUT2D eigenvalue weighted by molar-refractivity contribution is 5.73. The maximum absolute atomic E-state index is 11.7. The van der Waals surface area contributed by atoms with E-state index >= 15 is 0 Å². The maximum Gasteiger partial charge on any atom is 0.315 e. The maximum atomic E-state index is 11.7. The topological polar surface area (TPSA) is 57.5 Å². The Bertz CT molecular complexity index is 624. The average molecular weight is 297 g/mol. The molecule has 1 aromatic carbocycles. The van der Waals surface area contributed by atoms with Gasteiger partial charge in [0.05, 0.1) is 12.8 Å². The van der Waals surface area contributed by atoms with Gasteiger partial charge in [0.1, 0.15) is 5.76 Å². The largest absolute Gasteiger partial charge is 0.467 e. The van der Waals surface area contributed by atoms with E-state index < -0.39 is 0 Å². The number of rotatable bonds is 5. The fourth-order valence-electron chi connectivity index (χ4n) is 2.34. The summed E-state index contributed by atoms with van der Waals surface area (Å²) < 4.78 is 5.16. The van der Waals surface area contributed by atoms with Crippen molar-refractivity contribution in [1.29, 1.82) is 0 Å². The predicted molar refractivity (Wildman–Crippen MR) is 85.6 cm³/mol. The Balaban J connectivity index is 1.43. The van der Waals surface area contributed by atoms with Gasteiger partial charge in [0.15, 0.2) is 0 Å². The van der Waals surface area contributed by atoms with Crippen LogP contribution in [0, 0.1) is 0 Å². The molecule has 22 heavy (non-hydrogen) atoms. The molecular formula is C17H19N3O2. The molecule has 5 nitrogen and oxygen atoms in total. The van der Waals surface area contributed by atoms with Crippen molar-refractivity contribution in [1.82, 2.24) is 10.6 Å². The molecule has 0 spiro atoms. The monoisotopic (exact) mass is 297 g/mol. The van der Waals surface area contributed by atoms with Crippen LogP contribution in [0.25, 0.3) is 0 Å². The second-order valence-electron chi connectivity index (χ2n) is 5.16. The van der Waals surface area contributed by atoms with E-state index in [-0.39, 0.29) is 6.03 Å². The van der Waals surface area contributed by atoms with Crippen molar-refractivity contribution >= 4 is 11.7 Å². The molecule has 5 heteroatoms. The zero-order valence-electron chi connectivity index (χ0n) is 12.3. The molecular weight excluding hydrogens is 278 g/mol. The lowest BCUT2D eigenvalue weighted by molar-refractivity contribution is 0.239. The Morgan fingerprint density at radius 2 is 1.77 bits per heavy atom. The number of nitrogens with one attached hydrogen (secondary N) is 2. The first kappa shape index (κ1) is 14.3. The van der Waals surface area contributed by atoms with E-state index in [1.807, 2.05) is 18.2 Å². The van der Waals surface area contributed by atoms with Gasteiger partial charge in [0.2, 0.25) is 0 Å². The third-order valence-electron chi connectivity index (χ3n) is 3.58. The quantitative estimate of drug-likeness (QED) is 0.834. The van der Waals surface area contributed by atoms with Crippen molar-refractivity contribution in [3.05, 3.63) is 66.1 Å². The second kappa shape index (κ2) is 6.85. The molecule has 0 aliphatic carbocycles. The molecule has 114 valence electrons. The van der Waals surface area contributed by atoms with E-state index in [2.05, 4.69) is 39.8 Å². The smallest absolute Gasteiger partial charge is 0.315 e. The molecule has 0 atom stereocenters. The van der Waals surface area contributed by atoms with Crippen molar-refractivity contribution in [3.8, 4) is 0 Å². The van der Waals surface area contributed by atoms with E-state index in [1.54, 1.807) is 12.3 Å². The van der Waals surface area contributed by atoms with Crippen molar-refractivity contribution in [2.24, 2.45) is 0 Å². The fraction of sp³-hybridized carbons (Fsp3) is 0.235. The molecule has 0 fully saturated rings. The summed E-state index contributed by atoms with van der Waals surface area (Å²) in [6.45, 7) is 2.82. The van der Waals surface area contributed by atoms with Gasteiger partial charge >= 0.3 is 6.03 Å². The van der Waals surface area contributed by atoms with Gasteiger partial charge in [0, 0.05) is 25.3 Å². The molecule has 2 N–H and O–H groups in total. The third-order valence-corrected chi connectivity index (χ3v) is 3.58. The van der Waals surface area contributed by atoms with Crippen LogP contribution in [0.4, 0.5) is 10.5 Å². The molecule has 0 saturated carbocycles. The van der Waals surface area contributed by atoms with Gasteiger partial charge in [-0.3, -0.25) is 0 Å². The van der Waals surface area contributed by atoms with Crippen LogP contribution < -0.4 is 15.5 Å². The summed E-state index contributed by atoms with van der Waals surface area (Å²) in [5.74, 6) is 0.735. The summed E-state index contributed by atoms with van der Waals surface area (Å²) in [5, 5.41) is 5.58. The molecule has 1 aliphatic rings. The molecule has 1 aliphatic heterocycles. The van der Waals surface area contributed by atoms with Crippen LogP contribution in [0.15, 0.2) is 59.2 Å². The number of anilines is 1. The number of urea groups is 1. The highest BCUT2D eigenvalue weighted by Gasteiger charge is 2.07. The van der Waals surface area contributed by atoms with E-state index in [1.165, 1.54) is 5.69 Å². The first-order chi connectivity index (χ1) is 10.8. The molecule has 0 saturated heterocycles. The number of nitrogens with zero attached hydrogens (tertiary/aromatic N) is 1. The molecule has 0 radical (unpaired) electrons. The normalized spacial score (nSPS) is 13.4. The van der Waals surface area contributed by atoms with Crippen LogP contribution in [0.2, 0.25) is 0 Å². The Labute approximate surface area is 129 Å². The van der Waals surface area contributed by atoms with Crippen LogP contribution in [-0.4, -0.2) is 19.1 Å². The standard InChI is InChI=1S/C17H19N3O2/c21-17(19-13-16-4-3-11-22-16)18-12-14-5-7-15(8-6-14)20-9-1-2-10-20/h1-8,11H,9-10,12-13H2,(H2,18,19,21). The number of furan rings is 1. The van der Waals surface area contributed by atoms with Crippen LogP contribution in [0.5, 0.6) is 0 Å². The van der Waals surface area contributed by atoms with Gasteiger partial charge in [-0.1, -0.05) is 24.3 Å². The molecule has 2 amide bonds. The van der Waals surface area contributed by atoms with Gasteiger partial charge in [-0.15, -0.1) is 0 Å². The van der Waals surface area contributed by atoms with E-state index in [4.69, 9.17) is 4.42 Å². The Kier molecular flexibility index (Phi) is 4.44. The minimum atomic E-state index is -0.204. The lowest BCUT2D eigenvalue weighted by Crippen LogP contribution is -2.34. The highest BCUT2D eigenvalue weighted by Crippen LogP contribution is 2.17. The van der Waals surface area contributed by atoms with Crippen LogP contribution in [-0.2, 0) is 13.1 Å². The first-order valence-electron chi connectivity index (χ1n) is 7.34. The van der Waals surface area contributed by atoms with Crippen LogP contribution in [0.3, 0.4) is 0 Å². The SMILES string of the molecule is O=C(NCc1ccc(N2CC=CC2)cc1)NCc1ccco1.